The van der Waals surface area contributed by atoms with Crippen molar-refractivity contribution in [2.75, 3.05) is 20.8 Å². The fourth-order valence-electron chi connectivity index (χ4n) is 4.15. The summed E-state index contributed by atoms with van der Waals surface area (Å²) in [5.41, 5.74) is 5.66. The summed E-state index contributed by atoms with van der Waals surface area (Å²) in [6.45, 7) is 4.77. The lowest BCUT2D eigenvalue weighted by Crippen LogP contribution is -2.39. The van der Waals surface area contributed by atoms with Gasteiger partial charge in [0.15, 0.2) is 11.5 Å². The zero-order valence-corrected chi connectivity index (χ0v) is 24.0. The lowest BCUT2D eigenvalue weighted by Gasteiger charge is -2.24. The smallest absolute Gasteiger partial charge is 0.255 e. The summed E-state index contributed by atoms with van der Waals surface area (Å²) in [6, 6.07) is 13.6. The average Bonchev–Trinajstić information content (AvgIpc) is 2.84. The molecular formula is C27H29Cl2N3O5S. The second-order valence-electron chi connectivity index (χ2n) is 8.63. The van der Waals surface area contributed by atoms with Crippen molar-refractivity contribution in [3.05, 3.63) is 86.4 Å². The Bertz CT molecular complexity index is 1450. The topological polar surface area (TPSA) is 97.3 Å². The van der Waals surface area contributed by atoms with Crippen molar-refractivity contribution in [1.29, 1.82) is 0 Å². The number of benzene rings is 3. The van der Waals surface area contributed by atoms with E-state index < -0.39 is 22.5 Å². The molecule has 0 aliphatic rings. The third kappa shape index (κ3) is 6.85. The van der Waals surface area contributed by atoms with Crippen LogP contribution in [0.3, 0.4) is 0 Å². The van der Waals surface area contributed by atoms with E-state index >= 15 is 0 Å². The quantitative estimate of drug-likeness (QED) is 0.261. The Balaban J connectivity index is 1.91. The van der Waals surface area contributed by atoms with E-state index in [0.29, 0.717) is 38.8 Å². The Kier molecular flexibility index (Phi) is 9.78. The Hall–Kier alpha value is -3.11. The van der Waals surface area contributed by atoms with E-state index in [4.69, 9.17) is 32.7 Å². The van der Waals surface area contributed by atoms with Gasteiger partial charge in [0.1, 0.15) is 0 Å². The number of sulfonamides is 1. The molecule has 0 aliphatic heterocycles. The van der Waals surface area contributed by atoms with Gasteiger partial charge in [0, 0.05) is 12.1 Å². The molecule has 0 aliphatic carbocycles. The second-order valence-corrected chi connectivity index (χ2v) is 11.3. The molecule has 0 heterocycles. The number of nitrogens with one attached hydrogen (secondary N) is 1. The maximum atomic E-state index is 13.8. The molecule has 3 aromatic carbocycles. The monoisotopic (exact) mass is 577 g/mol. The Morgan fingerprint density at radius 2 is 1.68 bits per heavy atom. The van der Waals surface area contributed by atoms with Gasteiger partial charge in [-0.05, 0) is 61.7 Å². The van der Waals surface area contributed by atoms with Gasteiger partial charge < -0.3 is 9.47 Å². The van der Waals surface area contributed by atoms with Crippen LogP contribution in [0.4, 0.5) is 0 Å². The number of methoxy groups -OCH3 is 2. The zero-order valence-electron chi connectivity index (χ0n) is 21.7. The van der Waals surface area contributed by atoms with Crippen molar-refractivity contribution in [2.24, 2.45) is 5.10 Å². The minimum atomic E-state index is -4.08. The molecule has 11 heteroatoms. The highest BCUT2D eigenvalue weighted by atomic mass is 35.5. The number of hydrogen-bond donors (Lipinski definition) is 1. The van der Waals surface area contributed by atoms with Gasteiger partial charge in [-0.25, -0.2) is 13.8 Å². The molecule has 1 amide bonds. The van der Waals surface area contributed by atoms with E-state index in [2.05, 4.69) is 10.5 Å². The number of ether oxygens (including phenoxy) is 2. The second kappa shape index (κ2) is 12.6. The summed E-state index contributed by atoms with van der Waals surface area (Å²) in [6.07, 6.45) is 1.39. The minimum Gasteiger partial charge on any atom is -0.493 e. The molecule has 0 saturated carbocycles. The van der Waals surface area contributed by atoms with Crippen LogP contribution in [-0.2, 0) is 21.4 Å². The maximum Gasteiger partial charge on any atom is 0.255 e. The number of rotatable bonds is 10. The number of halogens is 2. The van der Waals surface area contributed by atoms with Crippen molar-refractivity contribution in [2.45, 2.75) is 32.2 Å². The summed E-state index contributed by atoms with van der Waals surface area (Å²) in [5, 5.41) is 4.62. The number of hydrogen-bond acceptors (Lipinski definition) is 6. The molecule has 0 radical (unpaired) electrons. The number of amides is 1. The van der Waals surface area contributed by atoms with E-state index in [0.717, 1.165) is 9.87 Å². The average molecular weight is 579 g/mol. The molecule has 0 saturated heterocycles. The van der Waals surface area contributed by atoms with Crippen LogP contribution in [0.1, 0.15) is 27.8 Å². The molecule has 3 rings (SSSR count). The first kappa shape index (κ1) is 29.4. The van der Waals surface area contributed by atoms with Crippen molar-refractivity contribution in [1.82, 2.24) is 9.73 Å². The molecule has 202 valence electrons. The SMILES string of the molecule is COc1cccc(/C=N/NC(=O)CN(Cc2ccc(Cl)c(Cl)c2)S(=O)(=O)c2c(C)cc(C)cc2C)c1OC. The number of carbonyl (C=O) groups excluding carboxylic acids is 1. The minimum absolute atomic E-state index is 0.104. The van der Waals surface area contributed by atoms with E-state index in [1.54, 1.807) is 62.4 Å². The Labute approximate surface area is 233 Å². The first-order valence-corrected chi connectivity index (χ1v) is 13.7. The molecule has 0 unspecified atom stereocenters. The molecule has 0 atom stereocenters. The third-order valence-electron chi connectivity index (χ3n) is 5.69. The molecule has 0 bridgehead atoms. The van der Waals surface area contributed by atoms with Gasteiger partial charge in [-0.1, -0.05) is 53.0 Å². The first-order chi connectivity index (χ1) is 18.0. The van der Waals surface area contributed by atoms with Crippen molar-refractivity contribution >= 4 is 45.3 Å². The normalized spacial score (nSPS) is 11.7. The third-order valence-corrected chi connectivity index (χ3v) is 8.53. The highest BCUT2D eigenvalue weighted by Gasteiger charge is 2.30. The Morgan fingerprint density at radius 1 is 1.00 bits per heavy atom. The van der Waals surface area contributed by atoms with Gasteiger partial charge in [-0.3, -0.25) is 4.79 Å². The fourth-order valence-corrected chi connectivity index (χ4v) is 6.27. The van der Waals surface area contributed by atoms with E-state index in [9.17, 15) is 13.2 Å². The summed E-state index contributed by atoms with van der Waals surface area (Å²) < 4.78 is 39.4. The molecule has 8 nitrogen and oxygen atoms in total. The van der Waals surface area contributed by atoms with Crippen LogP contribution in [-0.4, -0.2) is 45.6 Å². The van der Waals surface area contributed by atoms with Gasteiger partial charge in [0.2, 0.25) is 10.0 Å². The standard InChI is InChI=1S/C27H29Cl2N3O5S/c1-17-11-18(2)27(19(3)12-17)38(34,35)32(15-20-9-10-22(28)23(29)13-20)16-25(33)31-30-14-21-7-6-8-24(36-4)26(21)37-5/h6-14H,15-16H2,1-5H3,(H,31,33)/b30-14+. The molecule has 3 aromatic rings. The van der Waals surface area contributed by atoms with Crippen molar-refractivity contribution in [3.8, 4) is 11.5 Å². The number of nitrogens with zero attached hydrogens (tertiary/aromatic N) is 2. The van der Waals surface area contributed by atoms with Crippen LogP contribution in [0.25, 0.3) is 0 Å². The molecule has 0 spiro atoms. The highest BCUT2D eigenvalue weighted by Crippen LogP contribution is 2.30. The van der Waals surface area contributed by atoms with Crippen LogP contribution >= 0.6 is 23.2 Å². The summed E-state index contributed by atoms with van der Waals surface area (Å²) >= 11 is 12.2. The molecule has 1 N–H and O–H groups in total. The van der Waals surface area contributed by atoms with Crippen LogP contribution < -0.4 is 14.9 Å². The number of hydrazone groups is 1. The van der Waals surface area contributed by atoms with Crippen LogP contribution in [0.5, 0.6) is 11.5 Å². The van der Waals surface area contributed by atoms with Gasteiger partial charge in [-0.2, -0.15) is 9.41 Å². The molecule has 0 fully saturated rings. The fraction of sp³-hybridized carbons (Fsp3) is 0.259. The molecule has 0 aromatic heterocycles. The maximum absolute atomic E-state index is 13.8. The van der Waals surface area contributed by atoms with Crippen molar-refractivity contribution in [3.63, 3.8) is 0 Å². The van der Waals surface area contributed by atoms with Crippen LogP contribution in [0.15, 0.2) is 58.5 Å². The van der Waals surface area contributed by atoms with Gasteiger partial charge >= 0.3 is 0 Å². The predicted octanol–water partition coefficient (Wildman–Crippen LogP) is 5.28. The highest BCUT2D eigenvalue weighted by molar-refractivity contribution is 7.89. The number of para-hydroxylation sites is 1. The van der Waals surface area contributed by atoms with E-state index in [1.165, 1.54) is 20.4 Å². The Morgan fingerprint density at radius 3 is 2.29 bits per heavy atom. The van der Waals surface area contributed by atoms with E-state index in [-0.39, 0.29) is 16.5 Å². The van der Waals surface area contributed by atoms with Crippen LogP contribution in [0.2, 0.25) is 10.0 Å². The summed E-state index contributed by atoms with van der Waals surface area (Å²) in [7, 11) is -1.07. The number of aryl methyl sites for hydroxylation is 3. The number of carbonyl (C=O) groups is 1. The summed E-state index contributed by atoms with van der Waals surface area (Å²) in [5.74, 6) is 0.321. The first-order valence-electron chi connectivity index (χ1n) is 11.5. The largest absolute Gasteiger partial charge is 0.493 e. The lowest BCUT2D eigenvalue weighted by molar-refractivity contribution is -0.121. The van der Waals surface area contributed by atoms with Gasteiger partial charge in [-0.15, -0.1) is 0 Å². The lowest BCUT2D eigenvalue weighted by atomic mass is 10.1. The van der Waals surface area contributed by atoms with Gasteiger partial charge in [0.25, 0.3) is 5.91 Å². The van der Waals surface area contributed by atoms with Gasteiger partial charge in [0.05, 0.1) is 41.9 Å². The molecule has 38 heavy (non-hydrogen) atoms. The molecular weight excluding hydrogens is 549 g/mol. The van der Waals surface area contributed by atoms with E-state index in [1.807, 2.05) is 6.92 Å². The summed E-state index contributed by atoms with van der Waals surface area (Å²) in [4.78, 5) is 13.1. The predicted molar refractivity (Wildman–Crippen MR) is 150 cm³/mol. The van der Waals surface area contributed by atoms with Crippen LogP contribution in [0, 0.1) is 20.8 Å². The zero-order chi connectivity index (χ0) is 28.0. The van der Waals surface area contributed by atoms with Crippen molar-refractivity contribution < 1.29 is 22.7 Å².